The van der Waals surface area contributed by atoms with Crippen LogP contribution in [0.1, 0.15) is 48.2 Å². The lowest BCUT2D eigenvalue weighted by atomic mass is 9.89. The SMILES string of the molecule is O=C(CN1CCCN(CC2CCCCC2)CC1)Nc1ccc(NC(=O)c2cccs2)cc1. The van der Waals surface area contributed by atoms with E-state index in [9.17, 15) is 9.59 Å². The summed E-state index contributed by atoms with van der Waals surface area (Å²) < 4.78 is 0. The second-order valence-corrected chi connectivity index (χ2v) is 9.94. The van der Waals surface area contributed by atoms with E-state index in [4.69, 9.17) is 0 Å². The average Bonchev–Trinajstić information content (AvgIpc) is 3.26. The molecule has 1 saturated carbocycles. The molecule has 0 radical (unpaired) electrons. The summed E-state index contributed by atoms with van der Waals surface area (Å²) in [5.74, 6) is 0.772. The van der Waals surface area contributed by atoms with Gasteiger partial charge in [0.05, 0.1) is 11.4 Å². The second kappa shape index (κ2) is 11.6. The molecule has 2 fully saturated rings. The Labute approximate surface area is 195 Å². The summed E-state index contributed by atoms with van der Waals surface area (Å²) in [6.07, 6.45) is 8.10. The smallest absolute Gasteiger partial charge is 0.265 e. The van der Waals surface area contributed by atoms with Crippen molar-refractivity contribution in [3.8, 4) is 0 Å². The first-order valence-electron chi connectivity index (χ1n) is 11.9. The van der Waals surface area contributed by atoms with Crippen LogP contribution in [0.4, 0.5) is 11.4 Å². The maximum absolute atomic E-state index is 12.6. The molecule has 2 aliphatic rings. The largest absolute Gasteiger partial charge is 0.325 e. The van der Waals surface area contributed by atoms with Crippen molar-refractivity contribution in [1.82, 2.24) is 9.80 Å². The number of hydrogen-bond acceptors (Lipinski definition) is 5. The Hall–Kier alpha value is -2.22. The molecule has 0 bridgehead atoms. The van der Waals surface area contributed by atoms with Gasteiger partial charge in [0.2, 0.25) is 5.91 Å². The number of carbonyl (C=O) groups is 2. The predicted octanol–water partition coefficient (Wildman–Crippen LogP) is 4.53. The number of nitrogens with zero attached hydrogens (tertiary/aromatic N) is 2. The molecule has 0 atom stereocenters. The number of anilines is 2. The lowest BCUT2D eigenvalue weighted by Crippen LogP contribution is -2.37. The lowest BCUT2D eigenvalue weighted by Gasteiger charge is -2.28. The Kier molecular flexibility index (Phi) is 8.31. The summed E-state index contributed by atoms with van der Waals surface area (Å²) in [5.41, 5.74) is 1.46. The minimum Gasteiger partial charge on any atom is -0.325 e. The number of thiophene rings is 1. The van der Waals surface area contributed by atoms with Gasteiger partial charge in [0, 0.05) is 31.0 Å². The van der Waals surface area contributed by atoms with Crippen molar-refractivity contribution in [3.05, 3.63) is 46.7 Å². The van der Waals surface area contributed by atoms with Crippen molar-refractivity contribution in [2.24, 2.45) is 5.92 Å². The molecule has 1 aliphatic carbocycles. The highest BCUT2D eigenvalue weighted by Gasteiger charge is 2.21. The van der Waals surface area contributed by atoms with E-state index in [0.29, 0.717) is 17.1 Å². The molecule has 1 aromatic carbocycles. The Balaban J connectivity index is 1.20. The van der Waals surface area contributed by atoms with Crippen LogP contribution in [-0.4, -0.2) is 60.9 Å². The molecule has 2 amide bonds. The standard InChI is InChI=1S/C25H34N4O2S/c30-24(19-29-14-5-13-28(15-16-29)18-20-6-2-1-3-7-20)26-21-9-11-22(12-10-21)27-25(31)23-8-4-17-32-23/h4,8-12,17,20H,1-3,5-7,13-16,18-19H2,(H,26,30)(H,27,31). The normalized spacial score (nSPS) is 18.8. The summed E-state index contributed by atoms with van der Waals surface area (Å²) in [5, 5.41) is 7.75. The van der Waals surface area contributed by atoms with Crippen LogP contribution in [0, 0.1) is 5.92 Å². The molecule has 2 aromatic rings. The first-order valence-corrected chi connectivity index (χ1v) is 12.7. The zero-order chi connectivity index (χ0) is 22.2. The van der Waals surface area contributed by atoms with Crippen LogP contribution in [0.25, 0.3) is 0 Å². The number of amides is 2. The molecule has 1 aromatic heterocycles. The number of rotatable bonds is 7. The summed E-state index contributed by atoms with van der Waals surface area (Å²) >= 11 is 1.41. The van der Waals surface area contributed by atoms with Gasteiger partial charge in [0.15, 0.2) is 0 Å². The third-order valence-electron chi connectivity index (χ3n) is 6.46. The quantitative estimate of drug-likeness (QED) is 0.645. The molecule has 4 rings (SSSR count). The van der Waals surface area contributed by atoms with Gasteiger partial charge < -0.3 is 15.5 Å². The molecule has 0 spiro atoms. The van der Waals surface area contributed by atoms with Crippen LogP contribution in [0.15, 0.2) is 41.8 Å². The van der Waals surface area contributed by atoms with E-state index >= 15 is 0 Å². The van der Waals surface area contributed by atoms with Crippen molar-refractivity contribution in [2.75, 3.05) is 49.9 Å². The van der Waals surface area contributed by atoms with Crippen LogP contribution < -0.4 is 10.6 Å². The molecule has 6 nitrogen and oxygen atoms in total. The maximum atomic E-state index is 12.6. The molecule has 2 heterocycles. The number of benzene rings is 1. The predicted molar refractivity (Wildman–Crippen MR) is 131 cm³/mol. The summed E-state index contributed by atoms with van der Waals surface area (Å²) in [7, 11) is 0. The zero-order valence-electron chi connectivity index (χ0n) is 18.7. The van der Waals surface area contributed by atoms with Crippen LogP contribution >= 0.6 is 11.3 Å². The van der Waals surface area contributed by atoms with Crippen molar-refractivity contribution in [2.45, 2.75) is 38.5 Å². The number of carbonyl (C=O) groups excluding carboxylic acids is 2. The molecule has 32 heavy (non-hydrogen) atoms. The van der Waals surface area contributed by atoms with E-state index in [1.54, 1.807) is 6.07 Å². The third-order valence-corrected chi connectivity index (χ3v) is 7.33. The van der Waals surface area contributed by atoms with Gasteiger partial charge in [-0.25, -0.2) is 0 Å². The van der Waals surface area contributed by atoms with Crippen molar-refractivity contribution < 1.29 is 9.59 Å². The fourth-order valence-corrected chi connectivity index (χ4v) is 5.36. The molecule has 7 heteroatoms. The van der Waals surface area contributed by atoms with Crippen LogP contribution in [0.2, 0.25) is 0 Å². The molecule has 1 saturated heterocycles. The molecular formula is C25H34N4O2S. The first kappa shape index (κ1) is 23.0. The Morgan fingerprint density at radius 2 is 1.53 bits per heavy atom. The van der Waals surface area contributed by atoms with E-state index in [0.717, 1.165) is 44.2 Å². The highest BCUT2D eigenvalue weighted by Crippen LogP contribution is 2.24. The zero-order valence-corrected chi connectivity index (χ0v) is 19.5. The number of hydrogen-bond donors (Lipinski definition) is 2. The third kappa shape index (κ3) is 6.89. The van der Waals surface area contributed by atoms with Crippen molar-refractivity contribution >= 4 is 34.5 Å². The Morgan fingerprint density at radius 1 is 0.844 bits per heavy atom. The summed E-state index contributed by atoms with van der Waals surface area (Å²) in [4.78, 5) is 30.3. The first-order chi connectivity index (χ1) is 15.7. The Morgan fingerprint density at radius 3 is 2.25 bits per heavy atom. The van der Waals surface area contributed by atoms with Crippen LogP contribution in [-0.2, 0) is 4.79 Å². The molecular weight excluding hydrogens is 420 g/mol. The fourth-order valence-electron chi connectivity index (χ4n) is 4.74. The highest BCUT2D eigenvalue weighted by atomic mass is 32.1. The van der Waals surface area contributed by atoms with Gasteiger partial charge in [-0.05, 0) is 74.0 Å². The van der Waals surface area contributed by atoms with E-state index in [1.807, 2.05) is 35.7 Å². The second-order valence-electron chi connectivity index (χ2n) is 8.99. The molecule has 172 valence electrons. The molecule has 2 N–H and O–H groups in total. The monoisotopic (exact) mass is 454 g/mol. The van der Waals surface area contributed by atoms with Crippen LogP contribution in [0.3, 0.4) is 0 Å². The van der Waals surface area contributed by atoms with E-state index < -0.39 is 0 Å². The summed E-state index contributed by atoms with van der Waals surface area (Å²) in [6.45, 7) is 5.79. The van der Waals surface area contributed by atoms with Crippen LogP contribution in [0.5, 0.6) is 0 Å². The average molecular weight is 455 g/mol. The van der Waals surface area contributed by atoms with E-state index in [-0.39, 0.29) is 11.8 Å². The topological polar surface area (TPSA) is 64.7 Å². The molecule has 0 unspecified atom stereocenters. The number of nitrogens with one attached hydrogen (secondary N) is 2. The van der Waals surface area contributed by atoms with Gasteiger partial charge in [-0.1, -0.05) is 25.3 Å². The van der Waals surface area contributed by atoms with Crippen molar-refractivity contribution in [3.63, 3.8) is 0 Å². The lowest BCUT2D eigenvalue weighted by molar-refractivity contribution is -0.117. The Bertz CT molecular complexity index is 863. The van der Waals surface area contributed by atoms with Gasteiger partial charge in [0.25, 0.3) is 5.91 Å². The fraction of sp³-hybridized carbons (Fsp3) is 0.520. The van der Waals surface area contributed by atoms with Gasteiger partial charge in [-0.15, -0.1) is 11.3 Å². The van der Waals surface area contributed by atoms with Gasteiger partial charge in [-0.3, -0.25) is 14.5 Å². The van der Waals surface area contributed by atoms with E-state index in [1.165, 1.54) is 50.0 Å². The van der Waals surface area contributed by atoms with Gasteiger partial charge in [0.1, 0.15) is 0 Å². The minimum absolute atomic E-state index is 0.0149. The van der Waals surface area contributed by atoms with Gasteiger partial charge in [-0.2, -0.15) is 0 Å². The summed E-state index contributed by atoms with van der Waals surface area (Å²) in [6, 6.07) is 10.9. The highest BCUT2D eigenvalue weighted by molar-refractivity contribution is 7.12. The minimum atomic E-state index is -0.115. The molecule has 1 aliphatic heterocycles. The van der Waals surface area contributed by atoms with Crippen molar-refractivity contribution in [1.29, 1.82) is 0 Å². The van der Waals surface area contributed by atoms with E-state index in [2.05, 4.69) is 20.4 Å². The van der Waals surface area contributed by atoms with Gasteiger partial charge >= 0.3 is 0 Å². The maximum Gasteiger partial charge on any atom is 0.265 e.